The van der Waals surface area contributed by atoms with Crippen molar-refractivity contribution >= 4 is 23.2 Å². The van der Waals surface area contributed by atoms with Crippen molar-refractivity contribution in [3.8, 4) is 0 Å². The summed E-state index contributed by atoms with van der Waals surface area (Å²) in [5, 5.41) is 5.66. The first-order chi connectivity index (χ1) is 12.8. The Labute approximate surface area is 166 Å². The minimum Gasteiger partial charge on any atom is -0.398 e. The molecule has 0 saturated heterocycles. The Morgan fingerprint density at radius 1 is 1.04 bits per heavy atom. The lowest BCUT2D eigenvalue weighted by Gasteiger charge is -2.21. The second kappa shape index (κ2) is 8.00. The molecule has 1 aromatic heterocycles. The van der Waals surface area contributed by atoms with Gasteiger partial charge in [-0.3, -0.25) is 14.6 Å². The third-order valence-corrected chi connectivity index (χ3v) is 4.05. The van der Waals surface area contributed by atoms with E-state index in [1.165, 1.54) is 6.20 Å². The van der Waals surface area contributed by atoms with Gasteiger partial charge in [-0.15, -0.1) is 0 Å². The summed E-state index contributed by atoms with van der Waals surface area (Å²) in [6.45, 7) is 12.0. The Morgan fingerprint density at radius 3 is 2.29 bits per heavy atom. The van der Waals surface area contributed by atoms with Crippen molar-refractivity contribution in [2.75, 3.05) is 11.1 Å². The van der Waals surface area contributed by atoms with Gasteiger partial charge in [-0.25, -0.2) is 0 Å². The summed E-state index contributed by atoms with van der Waals surface area (Å²) in [4.78, 5) is 28.7. The monoisotopic (exact) mass is 382 g/mol. The highest BCUT2D eigenvalue weighted by Crippen LogP contribution is 2.28. The predicted molar refractivity (Wildman–Crippen MR) is 113 cm³/mol. The molecule has 150 valence electrons. The molecule has 1 aromatic carbocycles. The van der Waals surface area contributed by atoms with Crippen LogP contribution in [0.3, 0.4) is 0 Å². The van der Waals surface area contributed by atoms with Crippen LogP contribution in [0.5, 0.6) is 0 Å². The summed E-state index contributed by atoms with van der Waals surface area (Å²) < 4.78 is 0. The summed E-state index contributed by atoms with van der Waals surface area (Å²) in [6, 6.07) is 8.96. The number of hydrogen-bond donors (Lipinski definition) is 3. The molecule has 0 aliphatic carbocycles. The number of anilines is 2. The van der Waals surface area contributed by atoms with Gasteiger partial charge in [0.1, 0.15) is 5.69 Å². The molecule has 0 spiro atoms. The first-order valence-corrected chi connectivity index (χ1v) is 9.32. The first-order valence-electron chi connectivity index (χ1n) is 9.32. The average molecular weight is 383 g/mol. The SMILES string of the molecule is CC(C)(C)NC(=O)c1cc(NC(=O)Cc2ccc(C(C)(C)C)c(N)c2)ccn1. The van der Waals surface area contributed by atoms with E-state index in [4.69, 9.17) is 5.73 Å². The van der Waals surface area contributed by atoms with Crippen LogP contribution in [0.15, 0.2) is 36.5 Å². The second-order valence-electron chi connectivity index (χ2n) is 9.03. The highest BCUT2D eigenvalue weighted by molar-refractivity contribution is 5.96. The predicted octanol–water partition coefficient (Wildman–Crippen LogP) is 3.67. The lowest BCUT2D eigenvalue weighted by molar-refractivity contribution is -0.115. The molecule has 4 N–H and O–H groups in total. The molecule has 2 rings (SSSR count). The number of carbonyl (C=O) groups excluding carboxylic acids is 2. The molecule has 6 nitrogen and oxygen atoms in total. The van der Waals surface area contributed by atoms with Crippen LogP contribution in [-0.4, -0.2) is 22.3 Å². The number of pyridine rings is 1. The van der Waals surface area contributed by atoms with Gasteiger partial charge in [-0.05, 0) is 55.5 Å². The Kier molecular flexibility index (Phi) is 6.12. The minimum atomic E-state index is -0.364. The molecule has 0 unspecified atom stereocenters. The van der Waals surface area contributed by atoms with Gasteiger partial charge in [0.2, 0.25) is 5.91 Å². The van der Waals surface area contributed by atoms with E-state index in [-0.39, 0.29) is 34.9 Å². The molecule has 2 aromatic rings. The van der Waals surface area contributed by atoms with Crippen LogP contribution in [0.25, 0.3) is 0 Å². The zero-order chi connectivity index (χ0) is 21.1. The zero-order valence-corrected chi connectivity index (χ0v) is 17.5. The summed E-state index contributed by atoms with van der Waals surface area (Å²) in [7, 11) is 0. The molecule has 0 bridgehead atoms. The van der Waals surface area contributed by atoms with Gasteiger partial charge in [0.25, 0.3) is 5.91 Å². The van der Waals surface area contributed by atoms with Crippen molar-refractivity contribution < 1.29 is 9.59 Å². The van der Waals surface area contributed by atoms with E-state index < -0.39 is 0 Å². The summed E-state index contributed by atoms with van der Waals surface area (Å²) >= 11 is 0. The van der Waals surface area contributed by atoms with Gasteiger partial charge in [0.05, 0.1) is 6.42 Å². The van der Waals surface area contributed by atoms with Crippen molar-refractivity contribution in [2.45, 2.75) is 58.9 Å². The molecule has 28 heavy (non-hydrogen) atoms. The number of nitrogens with one attached hydrogen (secondary N) is 2. The van der Waals surface area contributed by atoms with Crippen LogP contribution in [0.2, 0.25) is 0 Å². The van der Waals surface area contributed by atoms with E-state index in [1.807, 2.05) is 39.0 Å². The Morgan fingerprint density at radius 2 is 1.71 bits per heavy atom. The van der Waals surface area contributed by atoms with Crippen LogP contribution in [-0.2, 0) is 16.6 Å². The summed E-state index contributed by atoms with van der Waals surface area (Å²) in [5.74, 6) is -0.467. The third-order valence-electron chi connectivity index (χ3n) is 4.05. The Balaban J connectivity index is 2.07. The lowest BCUT2D eigenvalue weighted by Crippen LogP contribution is -2.40. The number of hydrogen-bond acceptors (Lipinski definition) is 4. The maximum atomic E-state index is 12.4. The molecule has 0 aliphatic heterocycles. The molecule has 0 aliphatic rings. The van der Waals surface area contributed by atoms with E-state index in [0.717, 1.165) is 11.1 Å². The third kappa shape index (κ3) is 6.08. The average Bonchev–Trinajstić information content (AvgIpc) is 2.52. The number of benzene rings is 1. The zero-order valence-electron chi connectivity index (χ0n) is 17.5. The van der Waals surface area contributed by atoms with Gasteiger partial charge >= 0.3 is 0 Å². The minimum absolute atomic E-state index is 0.0497. The van der Waals surface area contributed by atoms with E-state index in [0.29, 0.717) is 11.4 Å². The van der Waals surface area contributed by atoms with E-state index in [2.05, 4.69) is 36.4 Å². The van der Waals surface area contributed by atoms with Gasteiger partial charge < -0.3 is 16.4 Å². The van der Waals surface area contributed by atoms with Crippen molar-refractivity contribution in [1.82, 2.24) is 10.3 Å². The second-order valence-corrected chi connectivity index (χ2v) is 9.03. The lowest BCUT2D eigenvalue weighted by atomic mass is 9.85. The van der Waals surface area contributed by atoms with E-state index >= 15 is 0 Å². The molecule has 0 saturated carbocycles. The van der Waals surface area contributed by atoms with Gasteiger partial charge in [-0.1, -0.05) is 32.9 Å². The molecule has 0 fully saturated rings. The molecular formula is C22H30N4O2. The molecule has 0 radical (unpaired) electrons. The van der Waals surface area contributed by atoms with Crippen LogP contribution in [0.4, 0.5) is 11.4 Å². The van der Waals surface area contributed by atoms with E-state index in [1.54, 1.807) is 12.1 Å². The largest absolute Gasteiger partial charge is 0.398 e. The molecule has 6 heteroatoms. The molecule has 0 atom stereocenters. The van der Waals surface area contributed by atoms with Crippen LogP contribution >= 0.6 is 0 Å². The maximum absolute atomic E-state index is 12.4. The number of carbonyl (C=O) groups is 2. The fourth-order valence-corrected chi connectivity index (χ4v) is 2.83. The van der Waals surface area contributed by atoms with Crippen LogP contribution < -0.4 is 16.4 Å². The molecule has 1 heterocycles. The normalized spacial score (nSPS) is 11.8. The molecular weight excluding hydrogens is 352 g/mol. The number of aromatic nitrogens is 1. The maximum Gasteiger partial charge on any atom is 0.270 e. The number of rotatable bonds is 4. The van der Waals surface area contributed by atoms with Crippen molar-refractivity contribution in [3.05, 3.63) is 53.3 Å². The fourth-order valence-electron chi connectivity index (χ4n) is 2.83. The van der Waals surface area contributed by atoms with Gasteiger partial charge in [-0.2, -0.15) is 0 Å². The number of amides is 2. The number of nitrogens with zero attached hydrogens (tertiary/aromatic N) is 1. The highest BCUT2D eigenvalue weighted by Gasteiger charge is 2.18. The smallest absolute Gasteiger partial charge is 0.270 e. The molecule has 2 amide bonds. The summed E-state index contributed by atoms with van der Waals surface area (Å²) in [6.07, 6.45) is 1.70. The quantitative estimate of drug-likeness (QED) is 0.703. The van der Waals surface area contributed by atoms with Crippen molar-refractivity contribution in [1.29, 1.82) is 0 Å². The standard InChI is InChI=1S/C22H30N4O2/c1-21(2,3)16-8-7-14(11-17(16)23)12-19(27)25-15-9-10-24-18(13-15)20(28)26-22(4,5)6/h7-11,13H,12,23H2,1-6H3,(H,26,28)(H,24,25,27). The fraction of sp³-hybridized carbons (Fsp3) is 0.409. The van der Waals surface area contributed by atoms with Crippen molar-refractivity contribution in [2.24, 2.45) is 0 Å². The first kappa shape index (κ1) is 21.4. The number of nitrogens with two attached hydrogens (primary N) is 1. The number of nitrogen functional groups attached to an aromatic ring is 1. The van der Waals surface area contributed by atoms with Gasteiger partial charge in [0, 0.05) is 23.1 Å². The van der Waals surface area contributed by atoms with Crippen LogP contribution in [0.1, 0.15) is 63.2 Å². The summed E-state index contributed by atoms with van der Waals surface area (Å²) in [5.41, 5.74) is 9.10. The Hall–Kier alpha value is -2.89. The highest BCUT2D eigenvalue weighted by atomic mass is 16.2. The topological polar surface area (TPSA) is 97.1 Å². The van der Waals surface area contributed by atoms with E-state index in [9.17, 15) is 9.59 Å². The Bertz CT molecular complexity index is 877. The van der Waals surface area contributed by atoms with Gasteiger partial charge in [0.15, 0.2) is 0 Å². The van der Waals surface area contributed by atoms with Crippen LogP contribution in [0, 0.1) is 0 Å². The van der Waals surface area contributed by atoms with Crippen molar-refractivity contribution in [3.63, 3.8) is 0 Å².